The van der Waals surface area contributed by atoms with Gasteiger partial charge in [-0.1, -0.05) is 55.8 Å². The van der Waals surface area contributed by atoms with Crippen LogP contribution in [0.15, 0.2) is 60.3 Å². The van der Waals surface area contributed by atoms with Gasteiger partial charge in [0.1, 0.15) is 5.70 Å². The van der Waals surface area contributed by atoms with Gasteiger partial charge in [0.25, 0.3) is 11.8 Å². The Morgan fingerprint density at radius 3 is 2.07 bits per heavy atom. The van der Waals surface area contributed by atoms with Crippen LogP contribution >= 0.6 is 11.6 Å². The van der Waals surface area contributed by atoms with E-state index in [1.54, 1.807) is 24.3 Å². The van der Waals surface area contributed by atoms with E-state index in [2.05, 4.69) is 18.7 Å². The molecule has 2 aliphatic heterocycles. The van der Waals surface area contributed by atoms with Gasteiger partial charge in [0.2, 0.25) is 0 Å². The standard InChI is InChI=1S/C23H23ClN2O2/c1-15-12-16(2)14-25(13-15)21-20(17-8-10-18(24)11-9-17)22(27)26(23(21)28)19-6-4-3-5-7-19/h3-11,15-16H,12-14H2,1-2H3. The summed E-state index contributed by atoms with van der Waals surface area (Å²) in [6.07, 6.45) is 1.13. The van der Waals surface area contributed by atoms with Crippen molar-refractivity contribution in [3.8, 4) is 0 Å². The molecular weight excluding hydrogens is 372 g/mol. The molecule has 0 N–H and O–H groups in total. The second kappa shape index (κ2) is 7.44. The fourth-order valence-corrected chi connectivity index (χ4v) is 4.47. The maximum atomic E-state index is 13.5. The molecule has 2 heterocycles. The zero-order chi connectivity index (χ0) is 19.8. The van der Waals surface area contributed by atoms with Crippen LogP contribution in [0.5, 0.6) is 0 Å². The summed E-state index contributed by atoms with van der Waals surface area (Å²) in [6.45, 7) is 5.94. The van der Waals surface area contributed by atoms with E-state index in [4.69, 9.17) is 11.6 Å². The number of amides is 2. The Bertz CT molecular complexity index is 927. The highest BCUT2D eigenvalue weighted by Crippen LogP contribution is 2.37. The zero-order valence-corrected chi connectivity index (χ0v) is 16.8. The van der Waals surface area contributed by atoms with Crippen molar-refractivity contribution in [1.82, 2.24) is 4.90 Å². The van der Waals surface area contributed by atoms with Crippen molar-refractivity contribution >= 4 is 34.7 Å². The van der Waals surface area contributed by atoms with Gasteiger partial charge >= 0.3 is 0 Å². The number of benzene rings is 2. The first-order chi connectivity index (χ1) is 13.5. The van der Waals surface area contributed by atoms with Crippen molar-refractivity contribution in [2.24, 2.45) is 11.8 Å². The van der Waals surface area contributed by atoms with Gasteiger partial charge in [-0.3, -0.25) is 9.59 Å². The van der Waals surface area contributed by atoms with Crippen molar-refractivity contribution in [3.05, 3.63) is 70.9 Å². The number of halogens is 1. The molecule has 2 amide bonds. The number of hydrogen-bond donors (Lipinski definition) is 0. The van der Waals surface area contributed by atoms with Crippen LogP contribution in [0.4, 0.5) is 5.69 Å². The second-order valence-electron chi connectivity index (χ2n) is 7.86. The van der Waals surface area contributed by atoms with Gasteiger partial charge in [0.05, 0.1) is 11.3 Å². The van der Waals surface area contributed by atoms with Gasteiger partial charge in [0.15, 0.2) is 0 Å². The molecule has 2 aliphatic rings. The van der Waals surface area contributed by atoms with Crippen LogP contribution in [0.3, 0.4) is 0 Å². The number of anilines is 1. The predicted molar refractivity (Wildman–Crippen MR) is 112 cm³/mol. The van der Waals surface area contributed by atoms with E-state index in [0.29, 0.717) is 33.8 Å². The number of rotatable bonds is 3. The molecule has 1 fully saturated rings. The quantitative estimate of drug-likeness (QED) is 0.714. The lowest BCUT2D eigenvalue weighted by atomic mass is 9.91. The summed E-state index contributed by atoms with van der Waals surface area (Å²) in [5.74, 6) is 0.412. The Hall–Kier alpha value is -2.59. The van der Waals surface area contributed by atoms with E-state index in [1.165, 1.54) is 4.90 Å². The summed E-state index contributed by atoms with van der Waals surface area (Å²) in [5, 5.41) is 0.600. The molecule has 2 aromatic rings. The van der Waals surface area contributed by atoms with Crippen LogP contribution in [0.1, 0.15) is 25.8 Å². The largest absolute Gasteiger partial charge is 0.366 e. The molecule has 4 nitrogen and oxygen atoms in total. The molecule has 2 unspecified atom stereocenters. The van der Waals surface area contributed by atoms with E-state index in [-0.39, 0.29) is 11.8 Å². The molecule has 2 atom stereocenters. The van der Waals surface area contributed by atoms with Crippen LogP contribution in [0, 0.1) is 11.8 Å². The Labute approximate surface area is 170 Å². The van der Waals surface area contributed by atoms with E-state index in [0.717, 1.165) is 25.1 Å². The molecule has 28 heavy (non-hydrogen) atoms. The lowest BCUT2D eigenvalue weighted by Gasteiger charge is -2.37. The minimum Gasteiger partial charge on any atom is -0.366 e. The number of carbonyl (C=O) groups is 2. The normalized spacial score (nSPS) is 23.0. The SMILES string of the molecule is CC1CC(C)CN(C2=C(c3ccc(Cl)cc3)C(=O)N(c3ccccc3)C2=O)C1. The third-order valence-electron chi connectivity index (χ3n) is 5.39. The summed E-state index contributed by atoms with van der Waals surface area (Å²) in [4.78, 5) is 30.3. The first-order valence-corrected chi connectivity index (χ1v) is 10.0. The molecule has 0 radical (unpaired) electrons. The van der Waals surface area contributed by atoms with Crippen LogP contribution < -0.4 is 4.90 Å². The Morgan fingerprint density at radius 1 is 0.857 bits per heavy atom. The van der Waals surface area contributed by atoms with Gasteiger partial charge in [-0.05, 0) is 48.1 Å². The number of piperidine rings is 1. The second-order valence-corrected chi connectivity index (χ2v) is 8.30. The number of hydrogen-bond acceptors (Lipinski definition) is 3. The minimum atomic E-state index is -0.278. The molecular formula is C23H23ClN2O2. The van der Waals surface area contributed by atoms with E-state index >= 15 is 0 Å². The topological polar surface area (TPSA) is 40.6 Å². The monoisotopic (exact) mass is 394 g/mol. The van der Waals surface area contributed by atoms with Gasteiger partial charge in [-0.15, -0.1) is 0 Å². The zero-order valence-electron chi connectivity index (χ0n) is 16.1. The van der Waals surface area contributed by atoms with Gasteiger partial charge in [-0.2, -0.15) is 0 Å². The highest BCUT2D eigenvalue weighted by Gasteiger charge is 2.43. The molecule has 0 aromatic heterocycles. The van der Waals surface area contributed by atoms with Crippen molar-refractivity contribution < 1.29 is 9.59 Å². The van der Waals surface area contributed by atoms with Crippen LogP contribution in [-0.2, 0) is 9.59 Å². The summed E-state index contributed by atoms with van der Waals surface area (Å²) in [5.41, 5.74) is 2.29. The van der Waals surface area contributed by atoms with Crippen LogP contribution in [0.25, 0.3) is 5.57 Å². The summed E-state index contributed by atoms with van der Waals surface area (Å²) in [6, 6.07) is 16.3. The Morgan fingerprint density at radius 2 is 1.46 bits per heavy atom. The average Bonchev–Trinajstić information content (AvgIpc) is 2.93. The van der Waals surface area contributed by atoms with Crippen LogP contribution in [0.2, 0.25) is 5.02 Å². The number of likely N-dealkylation sites (tertiary alicyclic amines) is 1. The molecule has 1 saturated heterocycles. The maximum absolute atomic E-state index is 13.5. The maximum Gasteiger partial charge on any atom is 0.282 e. The minimum absolute atomic E-state index is 0.248. The van der Waals surface area contributed by atoms with Crippen molar-refractivity contribution in [3.63, 3.8) is 0 Å². The fraction of sp³-hybridized carbons (Fsp3) is 0.304. The summed E-state index contributed by atoms with van der Waals surface area (Å²) < 4.78 is 0. The third-order valence-corrected chi connectivity index (χ3v) is 5.64. The van der Waals surface area contributed by atoms with E-state index < -0.39 is 0 Å². The molecule has 0 spiro atoms. The van der Waals surface area contributed by atoms with Crippen molar-refractivity contribution in [2.75, 3.05) is 18.0 Å². The van der Waals surface area contributed by atoms with E-state index in [9.17, 15) is 9.59 Å². The molecule has 0 bridgehead atoms. The highest BCUT2D eigenvalue weighted by atomic mass is 35.5. The highest BCUT2D eigenvalue weighted by molar-refractivity contribution is 6.45. The molecule has 4 rings (SSSR count). The Balaban J connectivity index is 1.83. The number of para-hydroxylation sites is 1. The molecule has 0 aliphatic carbocycles. The number of nitrogens with zero attached hydrogens (tertiary/aromatic N) is 2. The predicted octanol–water partition coefficient (Wildman–Crippen LogP) is 4.60. The molecule has 0 saturated carbocycles. The van der Waals surface area contributed by atoms with Gasteiger partial charge in [-0.25, -0.2) is 4.90 Å². The molecule has 5 heteroatoms. The summed E-state index contributed by atoms with van der Waals surface area (Å²) >= 11 is 6.04. The van der Waals surface area contributed by atoms with Crippen molar-refractivity contribution in [1.29, 1.82) is 0 Å². The van der Waals surface area contributed by atoms with Crippen molar-refractivity contribution in [2.45, 2.75) is 20.3 Å². The third kappa shape index (κ3) is 3.33. The lowest BCUT2D eigenvalue weighted by Crippen LogP contribution is -2.41. The first kappa shape index (κ1) is 18.8. The first-order valence-electron chi connectivity index (χ1n) is 9.64. The van der Waals surface area contributed by atoms with Crippen LogP contribution in [-0.4, -0.2) is 29.8 Å². The van der Waals surface area contributed by atoms with E-state index in [1.807, 2.05) is 30.3 Å². The fourth-order valence-electron chi connectivity index (χ4n) is 4.35. The lowest BCUT2D eigenvalue weighted by molar-refractivity contribution is -0.120. The Kier molecular flexibility index (Phi) is 4.98. The smallest absolute Gasteiger partial charge is 0.282 e. The van der Waals surface area contributed by atoms with Gasteiger partial charge in [0, 0.05) is 18.1 Å². The number of carbonyl (C=O) groups excluding carboxylic acids is 2. The molecule has 144 valence electrons. The molecule has 2 aromatic carbocycles. The van der Waals surface area contributed by atoms with Gasteiger partial charge < -0.3 is 4.90 Å². The number of imide groups is 1. The summed E-state index contributed by atoms with van der Waals surface area (Å²) in [7, 11) is 0. The average molecular weight is 395 g/mol.